The molecule has 0 bridgehead atoms. The van der Waals surface area contributed by atoms with Crippen LogP contribution < -0.4 is 0 Å². The summed E-state index contributed by atoms with van der Waals surface area (Å²) >= 11 is 8.18. The van der Waals surface area contributed by atoms with E-state index < -0.39 is 0 Å². The second-order valence-electron chi connectivity index (χ2n) is 11.8. The molecule has 0 aliphatic rings. The fourth-order valence-electron chi connectivity index (χ4n) is 6.92. The molecule has 0 fully saturated rings. The van der Waals surface area contributed by atoms with Crippen LogP contribution in [0.15, 0.2) is 146 Å². The van der Waals surface area contributed by atoms with Crippen LogP contribution in [0, 0.1) is 0 Å². The van der Waals surface area contributed by atoms with Crippen LogP contribution in [0.3, 0.4) is 0 Å². The van der Waals surface area contributed by atoms with Crippen molar-refractivity contribution < 1.29 is 0 Å². The molecular weight excluding hydrogens is 630 g/mol. The van der Waals surface area contributed by atoms with Crippen molar-refractivity contribution in [2.45, 2.75) is 0 Å². The topological polar surface area (TPSA) is 48.0 Å². The molecule has 0 spiro atoms. The van der Waals surface area contributed by atoms with Crippen molar-refractivity contribution >= 4 is 70.8 Å². The van der Waals surface area contributed by atoms with Gasteiger partial charge in [-0.3, -0.25) is 8.97 Å². The van der Waals surface area contributed by atoms with Gasteiger partial charge in [-0.1, -0.05) is 126 Å². The molecule has 10 rings (SSSR count). The smallest absolute Gasteiger partial charge is 0.235 e. The summed E-state index contributed by atoms with van der Waals surface area (Å²) < 4.78 is 5.58. The number of halogens is 1. The lowest BCUT2D eigenvalue weighted by Crippen LogP contribution is -2.03. The van der Waals surface area contributed by atoms with E-state index in [0.717, 1.165) is 81.7 Å². The number of hydrogen-bond acceptors (Lipinski definition) is 4. The number of rotatable bonds is 4. The van der Waals surface area contributed by atoms with Crippen LogP contribution in [0.1, 0.15) is 0 Å². The third-order valence-electron chi connectivity index (χ3n) is 9.04. The van der Waals surface area contributed by atoms with Crippen molar-refractivity contribution in [3.05, 3.63) is 151 Å². The molecule has 0 atom stereocenters. The Morgan fingerprint density at radius 1 is 0.500 bits per heavy atom. The van der Waals surface area contributed by atoms with E-state index in [-0.39, 0.29) is 0 Å². The Balaban J connectivity index is 1.24. The first-order valence-electron chi connectivity index (χ1n) is 15.7. The predicted octanol–water partition coefficient (Wildman–Crippen LogP) is 11.2. The molecule has 0 amide bonds. The van der Waals surface area contributed by atoms with Gasteiger partial charge in [-0.2, -0.15) is 0 Å². The van der Waals surface area contributed by atoms with Gasteiger partial charge in [0.1, 0.15) is 0 Å². The lowest BCUT2D eigenvalue weighted by atomic mass is 10.0. The number of fused-ring (bicyclic) bond motifs is 7. The van der Waals surface area contributed by atoms with Gasteiger partial charge in [0, 0.05) is 37.9 Å². The summed E-state index contributed by atoms with van der Waals surface area (Å²) in [5.74, 6) is 0.641. The maximum Gasteiger partial charge on any atom is 0.235 e. The van der Waals surface area contributed by atoms with Crippen molar-refractivity contribution in [3.63, 3.8) is 0 Å². The molecule has 0 N–H and O–H groups in total. The van der Waals surface area contributed by atoms with Gasteiger partial charge in [-0.05, 0) is 42.5 Å². The van der Waals surface area contributed by atoms with E-state index >= 15 is 0 Å². The van der Waals surface area contributed by atoms with Crippen LogP contribution in [0.4, 0.5) is 0 Å². The zero-order valence-electron chi connectivity index (χ0n) is 25.4. The summed E-state index contributed by atoms with van der Waals surface area (Å²) in [5.41, 5.74) is 10.1. The first-order valence-corrected chi connectivity index (χ1v) is 16.9. The van der Waals surface area contributed by atoms with Gasteiger partial charge in [0.05, 0.1) is 43.8 Å². The van der Waals surface area contributed by atoms with Crippen LogP contribution in [0.25, 0.3) is 87.6 Å². The molecule has 7 heteroatoms. The summed E-state index contributed by atoms with van der Waals surface area (Å²) in [6.45, 7) is 0. The first-order chi connectivity index (χ1) is 23.7. The minimum atomic E-state index is 0.641. The third-order valence-corrected chi connectivity index (χ3v) is 10.3. The van der Waals surface area contributed by atoms with Gasteiger partial charge < -0.3 is 0 Å². The Labute approximate surface area is 284 Å². The number of nitrogens with zero attached hydrogens (tertiary/aromatic N) is 5. The van der Waals surface area contributed by atoms with Gasteiger partial charge in [-0.15, -0.1) is 0 Å². The van der Waals surface area contributed by atoms with E-state index in [1.54, 1.807) is 11.3 Å². The zero-order chi connectivity index (χ0) is 31.8. The van der Waals surface area contributed by atoms with E-state index in [1.807, 2.05) is 36.4 Å². The van der Waals surface area contributed by atoms with E-state index in [2.05, 4.69) is 118 Å². The normalized spacial score (nSPS) is 11.9. The molecule has 0 unspecified atom stereocenters. The van der Waals surface area contributed by atoms with E-state index in [0.29, 0.717) is 11.0 Å². The largest absolute Gasteiger partial charge is 0.282 e. The summed E-state index contributed by atoms with van der Waals surface area (Å²) in [7, 11) is 0. The lowest BCUT2D eigenvalue weighted by Gasteiger charge is -2.12. The van der Waals surface area contributed by atoms with Crippen molar-refractivity contribution in [2.75, 3.05) is 0 Å². The average molecular weight is 654 g/mol. The van der Waals surface area contributed by atoms with E-state index in [4.69, 9.17) is 26.6 Å². The number of thiazole rings is 1. The number of imidazole rings is 1. The summed E-state index contributed by atoms with van der Waals surface area (Å²) in [5, 5.41) is 3.98. The zero-order valence-corrected chi connectivity index (χ0v) is 27.0. The number of benzene rings is 6. The Hall–Kier alpha value is -5.82. The SMILES string of the molecule is Clc1ccc2sc3nc(-c4ccc5c(c4)c4ccccc4n5-c4nc(-c5ccccc5)c5ccccc5n4)c(-c4ccccc4)n3c2c1. The fraction of sp³-hybridized carbons (Fsp3) is 0. The van der Waals surface area contributed by atoms with Crippen molar-refractivity contribution in [3.8, 4) is 39.7 Å². The molecule has 0 aliphatic heterocycles. The Kier molecular flexibility index (Phi) is 6.03. The molecule has 4 heterocycles. The molecule has 5 nitrogen and oxygen atoms in total. The van der Waals surface area contributed by atoms with E-state index in [1.165, 1.54) is 0 Å². The standard InChI is InChI=1S/C41H24ClN5S/c42-28-20-22-36-35(24-28)47-39(26-13-5-2-6-14-26)38(45-41(47)48-36)27-19-21-34-31(23-27)29-15-8-10-18-33(29)46(34)40-43-32-17-9-7-16-30(32)37(44-40)25-11-3-1-4-12-25/h1-24H. The second-order valence-corrected chi connectivity index (χ2v) is 13.3. The molecule has 0 saturated carbocycles. The van der Waals surface area contributed by atoms with E-state index in [9.17, 15) is 0 Å². The molecule has 226 valence electrons. The highest BCUT2D eigenvalue weighted by Crippen LogP contribution is 2.41. The molecule has 0 radical (unpaired) electrons. The maximum absolute atomic E-state index is 6.51. The first kappa shape index (κ1) is 27.3. The van der Waals surface area contributed by atoms with Crippen LogP contribution in [0.5, 0.6) is 0 Å². The Morgan fingerprint density at radius 3 is 2.04 bits per heavy atom. The molecule has 48 heavy (non-hydrogen) atoms. The summed E-state index contributed by atoms with van der Waals surface area (Å²) in [6.07, 6.45) is 0. The summed E-state index contributed by atoms with van der Waals surface area (Å²) in [6, 6.07) is 50.2. The quantitative estimate of drug-likeness (QED) is 0.190. The van der Waals surface area contributed by atoms with Gasteiger partial charge in [-0.25, -0.2) is 15.0 Å². The minimum Gasteiger partial charge on any atom is -0.282 e. The van der Waals surface area contributed by atoms with Gasteiger partial charge in [0.2, 0.25) is 5.95 Å². The molecular formula is C41H24ClN5S. The van der Waals surface area contributed by atoms with Crippen molar-refractivity contribution in [1.82, 2.24) is 23.9 Å². The number of hydrogen-bond donors (Lipinski definition) is 0. The molecule has 4 aromatic heterocycles. The summed E-state index contributed by atoms with van der Waals surface area (Å²) in [4.78, 5) is 16.6. The van der Waals surface area contributed by atoms with Crippen LogP contribution in [-0.4, -0.2) is 23.9 Å². The van der Waals surface area contributed by atoms with Crippen LogP contribution in [0.2, 0.25) is 5.02 Å². The predicted molar refractivity (Wildman–Crippen MR) is 199 cm³/mol. The minimum absolute atomic E-state index is 0.641. The van der Waals surface area contributed by atoms with Crippen molar-refractivity contribution in [2.24, 2.45) is 0 Å². The Bertz CT molecular complexity index is 2850. The second kappa shape index (κ2) is 10.6. The lowest BCUT2D eigenvalue weighted by molar-refractivity contribution is 1.01. The van der Waals surface area contributed by atoms with Gasteiger partial charge in [0.25, 0.3) is 0 Å². The van der Waals surface area contributed by atoms with Crippen LogP contribution in [-0.2, 0) is 0 Å². The Morgan fingerprint density at radius 2 is 1.21 bits per heavy atom. The highest BCUT2D eigenvalue weighted by atomic mass is 35.5. The highest BCUT2D eigenvalue weighted by molar-refractivity contribution is 7.23. The van der Waals surface area contributed by atoms with Gasteiger partial charge >= 0.3 is 0 Å². The molecule has 0 saturated heterocycles. The monoisotopic (exact) mass is 653 g/mol. The fourth-order valence-corrected chi connectivity index (χ4v) is 8.09. The van der Waals surface area contributed by atoms with Crippen molar-refractivity contribution in [1.29, 1.82) is 0 Å². The maximum atomic E-state index is 6.51. The number of para-hydroxylation sites is 2. The third kappa shape index (κ3) is 4.13. The molecule has 10 aromatic rings. The van der Waals surface area contributed by atoms with Gasteiger partial charge in [0.15, 0.2) is 4.96 Å². The highest BCUT2D eigenvalue weighted by Gasteiger charge is 2.22. The number of aromatic nitrogens is 5. The average Bonchev–Trinajstić information content (AvgIpc) is 3.80. The van der Waals surface area contributed by atoms with Crippen LogP contribution >= 0.6 is 22.9 Å². The molecule has 6 aromatic carbocycles. The molecule has 0 aliphatic carbocycles.